The molecule has 1 atom stereocenters. The molecule has 0 aromatic rings. The van der Waals surface area contributed by atoms with Crippen LogP contribution in [-0.2, 0) is 14.3 Å². The van der Waals surface area contributed by atoms with Gasteiger partial charge in [0, 0.05) is 20.1 Å². The van der Waals surface area contributed by atoms with Crippen LogP contribution in [0, 0.1) is 5.92 Å². The maximum absolute atomic E-state index is 11.1. The Morgan fingerprint density at radius 3 is 2.67 bits per heavy atom. The summed E-state index contributed by atoms with van der Waals surface area (Å²) in [6, 6.07) is 0. The van der Waals surface area contributed by atoms with Gasteiger partial charge in [0.25, 0.3) is 0 Å². The van der Waals surface area contributed by atoms with Gasteiger partial charge in [-0.15, -0.1) is 0 Å². The van der Waals surface area contributed by atoms with E-state index in [1.807, 2.05) is 0 Å². The fourth-order valence-electron chi connectivity index (χ4n) is 1.04. The minimum absolute atomic E-state index is 0.0557. The Morgan fingerprint density at radius 1 is 1.47 bits per heavy atom. The maximum atomic E-state index is 11.1. The summed E-state index contributed by atoms with van der Waals surface area (Å²) in [7, 11) is 1.54. The lowest BCUT2D eigenvalue weighted by Gasteiger charge is -2.07. The lowest BCUT2D eigenvalue weighted by atomic mass is 10.1. The highest BCUT2D eigenvalue weighted by molar-refractivity contribution is 5.75. The molecule has 0 fully saturated rings. The van der Waals surface area contributed by atoms with Gasteiger partial charge in [-0.25, -0.2) is 0 Å². The minimum Gasteiger partial charge on any atom is -0.481 e. The number of carbonyl (C=O) groups is 2. The molecule has 1 amide bonds. The fraction of sp³-hybridized carbons (Fsp3) is 0.800. The third kappa shape index (κ3) is 7.93. The van der Waals surface area contributed by atoms with Crippen LogP contribution in [0.3, 0.4) is 0 Å². The van der Waals surface area contributed by atoms with Gasteiger partial charge in [-0.1, -0.05) is 6.92 Å². The maximum Gasteiger partial charge on any atom is 0.306 e. The van der Waals surface area contributed by atoms with Crippen molar-refractivity contribution < 1.29 is 19.4 Å². The number of aliphatic carboxylic acids is 1. The van der Waals surface area contributed by atoms with Crippen LogP contribution in [0.2, 0.25) is 0 Å². The summed E-state index contributed by atoms with van der Waals surface area (Å²) in [5.41, 5.74) is 0. The highest BCUT2D eigenvalue weighted by atomic mass is 16.5. The highest BCUT2D eigenvalue weighted by Crippen LogP contribution is 2.04. The molecule has 0 aliphatic carbocycles. The van der Waals surface area contributed by atoms with Gasteiger partial charge in [-0.05, 0) is 12.8 Å². The predicted molar refractivity (Wildman–Crippen MR) is 55.5 cm³/mol. The van der Waals surface area contributed by atoms with Crippen LogP contribution in [0.1, 0.15) is 26.2 Å². The Bertz CT molecular complexity index is 206. The van der Waals surface area contributed by atoms with E-state index in [9.17, 15) is 9.59 Å². The quantitative estimate of drug-likeness (QED) is 0.585. The Hall–Kier alpha value is -1.10. The van der Waals surface area contributed by atoms with Crippen molar-refractivity contribution in [2.24, 2.45) is 5.92 Å². The molecular formula is C10H19NO4. The van der Waals surface area contributed by atoms with Crippen LogP contribution >= 0.6 is 0 Å². The molecule has 0 saturated carbocycles. The van der Waals surface area contributed by atoms with E-state index < -0.39 is 5.97 Å². The molecule has 0 aromatic heterocycles. The monoisotopic (exact) mass is 217 g/mol. The number of hydrogen-bond donors (Lipinski definition) is 2. The fourth-order valence-corrected chi connectivity index (χ4v) is 1.04. The number of carboxylic acids is 1. The third-order valence-corrected chi connectivity index (χ3v) is 2.09. The number of carboxylic acid groups (broad SMARTS) is 1. The smallest absolute Gasteiger partial charge is 0.306 e. The first-order chi connectivity index (χ1) is 7.07. The van der Waals surface area contributed by atoms with Crippen molar-refractivity contribution in [2.45, 2.75) is 26.2 Å². The van der Waals surface area contributed by atoms with Crippen LogP contribution in [0.5, 0.6) is 0 Å². The van der Waals surface area contributed by atoms with Crippen LogP contribution in [0.25, 0.3) is 0 Å². The molecule has 0 radical (unpaired) electrons. The molecule has 0 aliphatic rings. The zero-order valence-electron chi connectivity index (χ0n) is 9.28. The topological polar surface area (TPSA) is 75.6 Å². The Labute approximate surface area is 89.8 Å². The predicted octanol–water partition coefficient (Wildman–Crippen LogP) is 0.640. The number of ether oxygens (including phenoxy) is 1. The van der Waals surface area contributed by atoms with Crippen LogP contribution in [0.15, 0.2) is 0 Å². The first-order valence-corrected chi connectivity index (χ1v) is 5.06. The molecule has 0 bridgehead atoms. The number of hydrogen-bond acceptors (Lipinski definition) is 3. The highest BCUT2D eigenvalue weighted by Gasteiger charge is 2.09. The Balaban J connectivity index is 3.38. The van der Waals surface area contributed by atoms with Gasteiger partial charge < -0.3 is 15.2 Å². The van der Waals surface area contributed by atoms with E-state index >= 15 is 0 Å². The first kappa shape index (κ1) is 13.9. The van der Waals surface area contributed by atoms with Gasteiger partial charge in [0.2, 0.25) is 5.91 Å². The second-order valence-corrected chi connectivity index (χ2v) is 3.47. The summed E-state index contributed by atoms with van der Waals surface area (Å²) in [4.78, 5) is 21.5. The number of methoxy groups -OCH3 is 1. The number of amides is 1. The molecule has 15 heavy (non-hydrogen) atoms. The summed E-state index contributed by atoms with van der Waals surface area (Å²) in [6.45, 7) is 2.60. The van der Waals surface area contributed by atoms with Crippen molar-refractivity contribution in [3.05, 3.63) is 0 Å². The van der Waals surface area contributed by atoms with Crippen LogP contribution in [-0.4, -0.2) is 37.2 Å². The molecule has 0 aromatic carbocycles. The summed E-state index contributed by atoms with van der Waals surface area (Å²) in [5.74, 6) is -1.19. The lowest BCUT2D eigenvalue weighted by molar-refractivity contribution is -0.141. The lowest BCUT2D eigenvalue weighted by Crippen LogP contribution is -2.26. The Morgan fingerprint density at radius 2 is 2.13 bits per heavy atom. The molecule has 0 heterocycles. The second kappa shape index (κ2) is 8.23. The van der Waals surface area contributed by atoms with E-state index in [-0.39, 0.29) is 11.8 Å². The largest absolute Gasteiger partial charge is 0.481 e. The average molecular weight is 217 g/mol. The molecule has 5 nitrogen and oxygen atoms in total. The van der Waals surface area contributed by atoms with Gasteiger partial charge >= 0.3 is 5.97 Å². The van der Waals surface area contributed by atoms with Gasteiger partial charge in [0.1, 0.15) is 0 Å². The molecule has 0 rings (SSSR count). The molecule has 2 N–H and O–H groups in total. The van der Waals surface area contributed by atoms with E-state index in [0.29, 0.717) is 32.4 Å². The third-order valence-electron chi connectivity index (χ3n) is 2.09. The van der Waals surface area contributed by atoms with Crippen molar-refractivity contribution in [2.75, 3.05) is 20.3 Å². The van der Waals surface area contributed by atoms with E-state index in [1.165, 1.54) is 0 Å². The van der Waals surface area contributed by atoms with Gasteiger partial charge in [0.15, 0.2) is 0 Å². The van der Waals surface area contributed by atoms with Crippen molar-refractivity contribution in [1.29, 1.82) is 0 Å². The van der Waals surface area contributed by atoms with E-state index in [1.54, 1.807) is 14.0 Å². The van der Waals surface area contributed by atoms with E-state index in [2.05, 4.69) is 5.32 Å². The van der Waals surface area contributed by atoms with Gasteiger partial charge in [-0.2, -0.15) is 0 Å². The minimum atomic E-state index is -0.791. The summed E-state index contributed by atoms with van der Waals surface area (Å²) in [5, 5.41) is 11.3. The Kier molecular flexibility index (Phi) is 7.62. The molecule has 0 saturated heterocycles. The zero-order chi connectivity index (χ0) is 11.7. The standard InChI is InChI=1S/C10H19NO4/c1-8(10(13)14)4-3-6-11-9(12)5-7-15-2/h8H,3-7H2,1-2H3,(H,11,12)(H,13,14). The molecule has 5 heteroatoms. The molecule has 0 spiro atoms. The SMILES string of the molecule is COCCC(=O)NCCCC(C)C(=O)O. The van der Waals surface area contributed by atoms with Crippen LogP contribution in [0.4, 0.5) is 0 Å². The first-order valence-electron chi connectivity index (χ1n) is 5.06. The molecular weight excluding hydrogens is 198 g/mol. The van der Waals surface area contributed by atoms with Gasteiger partial charge in [-0.3, -0.25) is 9.59 Å². The van der Waals surface area contributed by atoms with Crippen molar-refractivity contribution in [3.63, 3.8) is 0 Å². The molecule has 88 valence electrons. The summed E-state index contributed by atoms with van der Waals surface area (Å²) >= 11 is 0. The van der Waals surface area contributed by atoms with E-state index in [4.69, 9.17) is 9.84 Å². The zero-order valence-corrected chi connectivity index (χ0v) is 9.28. The van der Waals surface area contributed by atoms with Gasteiger partial charge in [0.05, 0.1) is 12.5 Å². The molecule has 0 aliphatic heterocycles. The normalized spacial score (nSPS) is 12.1. The van der Waals surface area contributed by atoms with E-state index in [0.717, 1.165) is 0 Å². The van der Waals surface area contributed by atoms with Crippen molar-refractivity contribution in [3.8, 4) is 0 Å². The van der Waals surface area contributed by atoms with Crippen molar-refractivity contribution >= 4 is 11.9 Å². The van der Waals surface area contributed by atoms with Crippen molar-refractivity contribution in [1.82, 2.24) is 5.32 Å². The number of nitrogens with one attached hydrogen (secondary N) is 1. The number of rotatable bonds is 8. The summed E-state index contributed by atoms with van der Waals surface area (Å²) in [6.07, 6.45) is 1.62. The summed E-state index contributed by atoms with van der Waals surface area (Å²) < 4.78 is 4.75. The molecule has 1 unspecified atom stereocenters. The second-order valence-electron chi connectivity index (χ2n) is 3.47. The number of carbonyl (C=O) groups excluding carboxylic acids is 1. The van der Waals surface area contributed by atoms with Crippen LogP contribution < -0.4 is 5.32 Å². The average Bonchev–Trinajstić information content (AvgIpc) is 2.20.